The number of hydrogen-bond donors (Lipinski definition) is 1. The molecule has 0 aromatic rings. The number of morpholine rings is 1. The fraction of sp³-hybridized carbons (Fsp3) is 1.00. The number of fused-ring (bicyclic) bond motifs is 5. The molecule has 3 rings (SSSR count). The van der Waals surface area contributed by atoms with Gasteiger partial charge in [0.15, 0.2) is 0 Å². The summed E-state index contributed by atoms with van der Waals surface area (Å²) in [5, 5.41) is 3.42. The molecule has 0 spiro atoms. The van der Waals surface area contributed by atoms with Gasteiger partial charge in [0.1, 0.15) is 0 Å². The summed E-state index contributed by atoms with van der Waals surface area (Å²) in [4.78, 5) is 0. The van der Waals surface area contributed by atoms with Crippen molar-refractivity contribution in [3.05, 3.63) is 0 Å². The number of nitrogens with one attached hydrogen (secondary N) is 1. The molecule has 10 heavy (non-hydrogen) atoms. The highest BCUT2D eigenvalue weighted by Crippen LogP contribution is 2.08. The van der Waals surface area contributed by atoms with Crippen molar-refractivity contribution in [3.63, 3.8) is 0 Å². The van der Waals surface area contributed by atoms with Gasteiger partial charge in [-0.25, -0.2) is 0 Å². The van der Waals surface area contributed by atoms with Crippen LogP contribution in [0.2, 0.25) is 0 Å². The second kappa shape index (κ2) is 2.86. The highest BCUT2D eigenvalue weighted by atomic mass is 16.5. The molecule has 0 saturated carbocycles. The molecule has 3 saturated heterocycles. The van der Waals surface area contributed by atoms with E-state index in [4.69, 9.17) is 9.47 Å². The van der Waals surface area contributed by atoms with E-state index in [9.17, 15) is 0 Å². The second-order valence-corrected chi connectivity index (χ2v) is 2.92. The summed E-state index contributed by atoms with van der Waals surface area (Å²) < 4.78 is 10.8. The summed E-state index contributed by atoms with van der Waals surface area (Å²) in [6.45, 7) is 3.48. The van der Waals surface area contributed by atoms with Gasteiger partial charge in [-0.3, -0.25) is 0 Å². The molecule has 0 aliphatic carbocycles. The maximum Gasteiger partial charge on any atom is 0.0933 e. The highest BCUT2D eigenvalue weighted by molar-refractivity contribution is 4.77. The molecule has 3 fully saturated rings. The lowest BCUT2D eigenvalue weighted by Gasteiger charge is -2.33. The van der Waals surface area contributed by atoms with Gasteiger partial charge in [0.2, 0.25) is 0 Å². The molecule has 2 atom stereocenters. The zero-order valence-electron chi connectivity index (χ0n) is 6.01. The minimum atomic E-state index is 0.302. The maximum absolute atomic E-state index is 5.49. The summed E-state index contributed by atoms with van der Waals surface area (Å²) in [6, 6.07) is 0.538. The number of rotatable bonds is 0. The molecule has 58 valence electrons. The summed E-state index contributed by atoms with van der Waals surface area (Å²) in [5.41, 5.74) is 0. The third-order valence-corrected chi connectivity index (χ3v) is 2.08. The lowest BCUT2D eigenvalue weighted by molar-refractivity contribution is -0.0728. The van der Waals surface area contributed by atoms with Crippen LogP contribution in [-0.4, -0.2) is 38.5 Å². The normalized spacial score (nSPS) is 40.8. The highest BCUT2D eigenvalue weighted by Gasteiger charge is 2.23. The first-order chi connectivity index (χ1) is 4.95. The first-order valence-electron chi connectivity index (χ1n) is 3.88. The molecular weight excluding hydrogens is 130 g/mol. The van der Waals surface area contributed by atoms with E-state index in [0.29, 0.717) is 12.1 Å². The molecular formula is C7H13NO2. The second-order valence-electron chi connectivity index (χ2n) is 2.92. The van der Waals surface area contributed by atoms with Crippen LogP contribution in [0.15, 0.2) is 0 Å². The van der Waals surface area contributed by atoms with Crippen molar-refractivity contribution < 1.29 is 9.47 Å². The van der Waals surface area contributed by atoms with Crippen molar-refractivity contribution in [2.45, 2.75) is 18.6 Å². The van der Waals surface area contributed by atoms with E-state index in [1.807, 2.05) is 0 Å². The van der Waals surface area contributed by atoms with E-state index in [2.05, 4.69) is 5.32 Å². The van der Waals surface area contributed by atoms with E-state index >= 15 is 0 Å². The predicted molar refractivity (Wildman–Crippen MR) is 37.0 cm³/mol. The van der Waals surface area contributed by atoms with Gasteiger partial charge in [-0.15, -0.1) is 0 Å². The minimum Gasteiger partial charge on any atom is -0.379 e. The van der Waals surface area contributed by atoms with Gasteiger partial charge in [-0.05, 0) is 6.42 Å². The smallest absolute Gasteiger partial charge is 0.0933 e. The van der Waals surface area contributed by atoms with Crippen molar-refractivity contribution in [1.82, 2.24) is 5.32 Å². The van der Waals surface area contributed by atoms with Crippen LogP contribution < -0.4 is 5.32 Å². The average molecular weight is 143 g/mol. The molecule has 2 unspecified atom stereocenters. The SMILES string of the molecule is C1CC2COC(CN2)CO1. The fourth-order valence-electron chi connectivity index (χ4n) is 1.40. The van der Waals surface area contributed by atoms with Crippen LogP contribution in [-0.2, 0) is 9.47 Å². The van der Waals surface area contributed by atoms with Crippen LogP contribution in [0, 0.1) is 0 Å². The lowest BCUT2D eigenvalue weighted by atomic mass is 10.1. The lowest BCUT2D eigenvalue weighted by Crippen LogP contribution is -2.50. The Morgan fingerprint density at radius 2 is 2.30 bits per heavy atom. The van der Waals surface area contributed by atoms with Crippen molar-refractivity contribution in [2.24, 2.45) is 0 Å². The molecule has 0 radical (unpaired) electrons. The monoisotopic (exact) mass is 143 g/mol. The molecule has 1 N–H and O–H groups in total. The Balaban J connectivity index is 1.94. The molecule has 3 heteroatoms. The van der Waals surface area contributed by atoms with Crippen LogP contribution >= 0.6 is 0 Å². The van der Waals surface area contributed by atoms with Gasteiger partial charge in [-0.1, -0.05) is 0 Å². The fourth-order valence-corrected chi connectivity index (χ4v) is 1.40. The number of ether oxygens (including phenoxy) is 2. The summed E-state index contributed by atoms with van der Waals surface area (Å²) in [6.07, 6.45) is 1.39. The Labute approximate surface area is 60.7 Å². The first-order valence-corrected chi connectivity index (χ1v) is 3.88. The Kier molecular flexibility index (Phi) is 1.88. The number of hydrogen-bond acceptors (Lipinski definition) is 3. The van der Waals surface area contributed by atoms with Crippen molar-refractivity contribution in [3.8, 4) is 0 Å². The average Bonchev–Trinajstić information content (AvgIpc) is 1.89. The Morgan fingerprint density at radius 3 is 3.10 bits per heavy atom. The van der Waals surface area contributed by atoms with Gasteiger partial charge < -0.3 is 14.8 Å². The molecule has 0 aromatic heterocycles. The topological polar surface area (TPSA) is 30.5 Å². The van der Waals surface area contributed by atoms with Crippen LogP contribution in [0.25, 0.3) is 0 Å². The Bertz CT molecular complexity index is 90.7. The van der Waals surface area contributed by atoms with Crippen molar-refractivity contribution in [2.75, 3.05) is 26.4 Å². The van der Waals surface area contributed by atoms with Crippen LogP contribution in [0.3, 0.4) is 0 Å². The molecule has 3 heterocycles. The van der Waals surface area contributed by atoms with Crippen molar-refractivity contribution >= 4 is 0 Å². The molecule has 3 aliphatic rings. The molecule has 3 nitrogen and oxygen atoms in total. The van der Waals surface area contributed by atoms with Gasteiger partial charge in [0.05, 0.1) is 19.3 Å². The van der Waals surface area contributed by atoms with Gasteiger partial charge >= 0.3 is 0 Å². The van der Waals surface area contributed by atoms with Gasteiger partial charge in [0.25, 0.3) is 0 Å². The van der Waals surface area contributed by atoms with E-state index in [1.54, 1.807) is 0 Å². The van der Waals surface area contributed by atoms with E-state index < -0.39 is 0 Å². The molecule has 3 aliphatic heterocycles. The zero-order chi connectivity index (χ0) is 6.81. The molecule has 0 aromatic carbocycles. The summed E-state index contributed by atoms with van der Waals surface area (Å²) in [7, 11) is 0. The molecule has 2 bridgehead atoms. The Morgan fingerprint density at radius 1 is 1.30 bits per heavy atom. The van der Waals surface area contributed by atoms with E-state index in [0.717, 1.165) is 32.8 Å². The summed E-state index contributed by atoms with van der Waals surface area (Å²) in [5.74, 6) is 0. The third kappa shape index (κ3) is 1.31. The summed E-state index contributed by atoms with van der Waals surface area (Å²) >= 11 is 0. The Hall–Kier alpha value is -0.120. The van der Waals surface area contributed by atoms with Crippen LogP contribution in [0.4, 0.5) is 0 Å². The predicted octanol–water partition coefficient (Wildman–Crippen LogP) is -0.236. The van der Waals surface area contributed by atoms with E-state index in [1.165, 1.54) is 0 Å². The van der Waals surface area contributed by atoms with Crippen LogP contribution in [0.1, 0.15) is 6.42 Å². The molecule has 0 amide bonds. The van der Waals surface area contributed by atoms with Gasteiger partial charge in [0, 0.05) is 19.2 Å². The third-order valence-electron chi connectivity index (χ3n) is 2.08. The van der Waals surface area contributed by atoms with E-state index in [-0.39, 0.29) is 0 Å². The minimum absolute atomic E-state index is 0.302. The zero-order valence-corrected chi connectivity index (χ0v) is 6.01. The van der Waals surface area contributed by atoms with Crippen molar-refractivity contribution in [1.29, 1.82) is 0 Å². The standard InChI is InChI=1S/C7H13NO2/c1-2-9-5-7-3-8-6(1)4-10-7/h6-8H,1-5H2. The maximum atomic E-state index is 5.49. The first kappa shape index (κ1) is 6.58. The quantitative estimate of drug-likeness (QED) is 0.508. The van der Waals surface area contributed by atoms with Gasteiger partial charge in [-0.2, -0.15) is 0 Å². The largest absolute Gasteiger partial charge is 0.379 e. The van der Waals surface area contributed by atoms with Crippen LogP contribution in [0.5, 0.6) is 0 Å².